The maximum absolute atomic E-state index is 12.7. The lowest BCUT2D eigenvalue weighted by Crippen LogP contribution is -2.42. The number of benzene rings is 1. The molecule has 126 valence electrons. The van der Waals surface area contributed by atoms with Gasteiger partial charge in [-0.2, -0.15) is 0 Å². The number of carbonyl (C=O) groups excluding carboxylic acids is 1. The average molecular weight is 316 g/mol. The minimum absolute atomic E-state index is 0.0841. The molecule has 2 aliphatic rings. The summed E-state index contributed by atoms with van der Waals surface area (Å²) in [6, 6.07) is 8.63. The van der Waals surface area contributed by atoms with Gasteiger partial charge >= 0.3 is 6.03 Å². The zero-order chi connectivity index (χ0) is 16.3. The van der Waals surface area contributed by atoms with Crippen LogP contribution in [0.3, 0.4) is 0 Å². The van der Waals surface area contributed by atoms with Crippen molar-refractivity contribution < 1.29 is 9.53 Å². The number of likely N-dealkylation sites (tertiary alicyclic amines) is 1. The smallest absolute Gasteiger partial charge is 0.317 e. The number of nitrogens with zero attached hydrogens (tertiary/aromatic N) is 1. The number of amides is 2. The van der Waals surface area contributed by atoms with Crippen molar-refractivity contribution in [3.8, 4) is 0 Å². The van der Waals surface area contributed by atoms with E-state index in [4.69, 9.17) is 4.74 Å². The molecule has 23 heavy (non-hydrogen) atoms. The van der Waals surface area contributed by atoms with Crippen LogP contribution in [0.15, 0.2) is 24.3 Å². The number of ether oxygens (including phenoxy) is 1. The maximum atomic E-state index is 12.7. The van der Waals surface area contributed by atoms with Crippen molar-refractivity contribution in [3.05, 3.63) is 35.4 Å². The highest BCUT2D eigenvalue weighted by molar-refractivity contribution is 5.75. The van der Waals surface area contributed by atoms with Gasteiger partial charge < -0.3 is 15.0 Å². The fourth-order valence-electron chi connectivity index (χ4n) is 3.78. The van der Waals surface area contributed by atoms with Crippen LogP contribution in [0, 0.1) is 12.3 Å². The molecule has 1 unspecified atom stereocenters. The summed E-state index contributed by atoms with van der Waals surface area (Å²) in [7, 11) is 0. The molecule has 1 aromatic rings. The average Bonchev–Trinajstić information content (AvgIpc) is 2.97. The van der Waals surface area contributed by atoms with Gasteiger partial charge in [-0.05, 0) is 43.6 Å². The third-order valence-corrected chi connectivity index (χ3v) is 5.46. The number of aryl methyl sites for hydroxylation is 1. The van der Waals surface area contributed by atoms with Gasteiger partial charge in [-0.25, -0.2) is 4.79 Å². The van der Waals surface area contributed by atoms with Crippen LogP contribution in [-0.2, 0) is 4.74 Å². The second-order valence-corrected chi connectivity index (χ2v) is 7.10. The first-order valence-corrected chi connectivity index (χ1v) is 8.82. The molecule has 4 nitrogen and oxygen atoms in total. The van der Waals surface area contributed by atoms with E-state index >= 15 is 0 Å². The molecule has 2 saturated heterocycles. The van der Waals surface area contributed by atoms with Crippen LogP contribution in [0.5, 0.6) is 0 Å². The van der Waals surface area contributed by atoms with E-state index in [1.54, 1.807) is 0 Å². The van der Waals surface area contributed by atoms with E-state index in [0.717, 1.165) is 52.0 Å². The quantitative estimate of drug-likeness (QED) is 0.924. The Labute approximate surface area is 139 Å². The minimum atomic E-state index is 0.0841. The molecule has 2 heterocycles. The van der Waals surface area contributed by atoms with Gasteiger partial charge in [-0.3, -0.25) is 0 Å². The Morgan fingerprint density at radius 3 is 2.61 bits per heavy atom. The third-order valence-electron chi connectivity index (χ3n) is 5.46. The molecule has 2 amide bonds. The maximum Gasteiger partial charge on any atom is 0.317 e. The van der Waals surface area contributed by atoms with Crippen LogP contribution in [0.1, 0.15) is 49.8 Å². The van der Waals surface area contributed by atoms with Crippen LogP contribution in [0.25, 0.3) is 0 Å². The highest BCUT2D eigenvalue weighted by atomic mass is 16.5. The van der Waals surface area contributed by atoms with E-state index in [-0.39, 0.29) is 12.1 Å². The van der Waals surface area contributed by atoms with Crippen molar-refractivity contribution in [2.75, 3.05) is 26.3 Å². The monoisotopic (exact) mass is 316 g/mol. The molecule has 1 spiro atoms. The van der Waals surface area contributed by atoms with E-state index in [2.05, 4.69) is 43.4 Å². The van der Waals surface area contributed by atoms with Crippen molar-refractivity contribution in [3.63, 3.8) is 0 Å². The normalized spacial score (nSPS) is 21.4. The van der Waals surface area contributed by atoms with Crippen molar-refractivity contribution in [1.29, 1.82) is 0 Å². The molecule has 0 aromatic heterocycles. The predicted octanol–water partition coefficient (Wildman–Crippen LogP) is 3.66. The summed E-state index contributed by atoms with van der Waals surface area (Å²) in [4.78, 5) is 14.7. The van der Waals surface area contributed by atoms with Crippen LogP contribution >= 0.6 is 0 Å². The molecule has 0 saturated carbocycles. The lowest BCUT2D eigenvalue weighted by Gasteiger charge is -2.33. The molecule has 1 N–H and O–H groups in total. The first-order chi connectivity index (χ1) is 11.1. The van der Waals surface area contributed by atoms with Crippen molar-refractivity contribution >= 4 is 6.03 Å². The Morgan fingerprint density at radius 2 is 1.96 bits per heavy atom. The molecule has 2 aliphatic heterocycles. The Morgan fingerprint density at radius 1 is 1.26 bits per heavy atom. The number of rotatable bonds is 3. The summed E-state index contributed by atoms with van der Waals surface area (Å²) < 4.78 is 5.48. The van der Waals surface area contributed by atoms with Crippen LogP contribution in [-0.4, -0.2) is 37.2 Å². The fraction of sp³-hybridized carbons (Fsp3) is 0.632. The summed E-state index contributed by atoms with van der Waals surface area (Å²) in [5, 5.41) is 3.22. The largest absolute Gasteiger partial charge is 0.381 e. The highest BCUT2D eigenvalue weighted by Gasteiger charge is 2.41. The van der Waals surface area contributed by atoms with Gasteiger partial charge in [0.1, 0.15) is 0 Å². The van der Waals surface area contributed by atoms with Gasteiger partial charge in [0.05, 0.1) is 6.04 Å². The third kappa shape index (κ3) is 3.69. The summed E-state index contributed by atoms with van der Waals surface area (Å²) in [5.41, 5.74) is 2.74. The molecule has 1 aromatic carbocycles. The first-order valence-electron chi connectivity index (χ1n) is 8.82. The Balaban J connectivity index is 1.60. The molecular formula is C19H28N2O2. The molecule has 2 fully saturated rings. The van der Waals surface area contributed by atoms with Gasteiger partial charge in [-0.15, -0.1) is 0 Å². The van der Waals surface area contributed by atoms with Crippen molar-refractivity contribution in [2.24, 2.45) is 5.41 Å². The van der Waals surface area contributed by atoms with Crippen LogP contribution in [0.2, 0.25) is 0 Å². The van der Waals surface area contributed by atoms with Gasteiger partial charge in [0, 0.05) is 26.3 Å². The van der Waals surface area contributed by atoms with Gasteiger partial charge in [-0.1, -0.05) is 36.8 Å². The molecule has 3 rings (SSSR count). The number of hydrogen-bond donors (Lipinski definition) is 1. The van der Waals surface area contributed by atoms with Crippen LogP contribution in [0.4, 0.5) is 4.79 Å². The molecule has 0 bridgehead atoms. The predicted molar refractivity (Wildman–Crippen MR) is 91.4 cm³/mol. The van der Waals surface area contributed by atoms with Gasteiger partial charge in [0.25, 0.3) is 0 Å². The lowest BCUT2D eigenvalue weighted by molar-refractivity contribution is 0.0208. The molecule has 1 atom stereocenters. The number of hydrogen-bond acceptors (Lipinski definition) is 2. The fourth-order valence-corrected chi connectivity index (χ4v) is 3.78. The highest BCUT2D eigenvalue weighted by Crippen LogP contribution is 2.39. The minimum Gasteiger partial charge on any atom is -0.381 e. The van der Waals surface area contributed by atoms with E-state index in [1.165, 1.54) is 11.1 Å². The number of carbonyl (C=O) groups is 1. The van der Waals surface area contributed by atoms with E-state index in [0.29, 0.717) is 5.41 Å². The topological polar surface area (TPSA) is 41.6 Å². The zero-order valence-electron chi connectivity index (χ0n) is 14.3. The Bertz CT molecular complexity index is 535. The Hall–Kier alpha value is -1.55. The number of nitrogens with one attached hydrogen (secondary N) is 1. The van der Waals surface area contributed by atoms with Crippen LogP contribution < -0.4 is 5.32 Å². The van der Waals surface area contributed by atoms with Gasteiger partial charge in [0.15, 0.2) is 0 Å². The van der Waals surface area contributed by atoms with Crippen molar-refractivity contribution in [2.45, 2.75) is 45.6 Å². The SMILES string of the molecule is CCC(NC(=O)N1CCC2(CCOCC2)C1)c1ccc(C)cc1. The summed E-state index contributed by atoms with van der Waals surface area (Å²) in [6.45, 7) is 7.64. The van der Waals surface area contributed by atoms with Crippen molar-refractivity contribution in [1.82, 2.24) is 10.2 Å². The van der Waals surface area contributed by atoms with Gasteiger partial charge in [0.2, 0.25) is 0 Å². The second-order valence-electron chi connectivity index (χ2n) is 7.10. The molecular weight excluding hydrogens is 288 g/mol. The van der Waals surface area contributed by atoms with E-state index in [9.17, 15) is 4.79 Å². The molecule has 0 aliphatic carbocycles. The Kier molecular flexibility index (Phi) is 4.90. The second kappa shape index (κ2) is 6.91. The first kappa shape index (κ1) is 16.3. The molecule has 4 heteroatoms. The summed E-state index contributed by atoms with van der Waals surface area (Å²) in [6.07, 6.45) is 4.20. The summed E-state index contributed by atoms with van der Waals surface area (Å²) >= 11 is 0. The zero-order valence-corrected chi connectivity index (χ0v) is 14.3. The van der Waals surface area contributed by atoms with E-state index in [1.807, 2.05) is 4.90 Å². The summed E-state index contributed by atoms with van der Waals surface area (Å²) in [5.74, 6) is 0. The number of urea groups is 1. The van der Waals surface area contributed by atoms with E-state index < -0.39 is 0 Å². The lowest BCUT2D eigenvalue weighted by atomic mass is 9.80. The molecule has 0 radical (unpaired) electrons. The standard InChI is InChI=1S/C19H28N2O2/c1-3-17(16-6-4-15(2)5-7-16)20-18(22)21-11-8-19(14-21)9-12-23-13-10-19/h4-7,17H,3,8-14H2,1-2H3,(H,20,22).